The van der Waals surface area contributed by atoms with Gasteiger partial charge in [0.2, 0.25) is 0 Å². The standard InChI is InChI=1S/C15H24N8O/c1-5-8(16)6-9(17)22-14(24)11(18)10-12(19)20-7-21-13(10)23-15(2,3)4/h6-7,18H,5,16H2,1-4H3,(H2,17,22,24)(H3,19,20,21,23). The molecule has 0 saturated carbocycles. The van der Waals surface area contributed by atoms with Crippen molar-refractivity contribution in [3.05, 3.63) is 23.7 Å². The van der Waals surface area contributed by atoms with Gasteiger partial charge in [-0.2, -0.15) is 0 Å². The van der Waals surface area contributed by atoms with Crippen LogP contribution in [0.15, 0.2) is 18.1 Å². The molecular weight excluding hydrogens is 308 g/mol. The van der Waals surface area contributed by atoms with Gasteiger partial charge in [-0.15, -0.1) is 0 Å². The predicted octanol–water partition coefficient (Wildman–Crippen LogP) is 0.983. The molecule has 1 aromatic rings. The number of nitrogen functional groups attached to an aromatic ring is 1. The molecule has 0 spiro atoms. The summed E-state index contributed by atoms with van der Waals surface area (Å²) in [5.41, 5.74) is 11.2. The lowest BCUT2D eigenvalue weighted by Crippen LogP contribution is -2.37. The summed E-state index contributed by atoms with van der Waals surface area (Å²) in [5.74, 6) is -0.708. The highest BCUT2D eigenvalue weighted by atomic mass is 16.1. The lowest BCUT2D eigenvalue weighted by molar-refractivity contribution is -0.113. The largest absolute Gasteiger partial charge is 0.402 e. The molecular formula is C15H24N8O. The number of rotatable bonds is 5. The normalized spacial score (nSPS) is 11.8. The molecule has 0 saturated heterocycles. The lowest BCUT2D eigenvalue weighted by atomic mass is 10.1. The summed E-state index contributed by atoms with van der Waals surface area (Å²) in [4.78, 5) is 20.1. The lowest BCUT2D eigenvalue weighted by Gasteiger charge is -2.23. The first-order valence-corrected chi connectivity index (χ1v) is 7.38. The van der Waals surface area contributed by atoms with E-state index in [1.807, 2.05) is 27.7 Å². The van der Waals surface area contributed by atoms with Crippen LogP contribution in [0.5, 0.6) is 0 Å². The van der Waals surface area contributed by atoms with Gasteiger partial charge in [0.25, 0.3) is 5.91 Å². The zero-order chi connectivity index (χ0) is 18.5. The molecule has 0 atom stereocenters. The van der Waals surface area contributed by atoms with Gasteiger partial charge in [0, 0.05) is 11.2 Å². The minimum atomic E-state index is -0.793. The molecule has 1 rings (SSSR count). The summed E-state index contributed by atoms with van der Waals surface area (Å²) in [6.07, 6.45) is 3.13. The van der Waals surface area contributed by atoms with Crippen molar-refractivity contribution >= 4 is 29.1 Å². The molecule has 1 amide bonds. The predicted molar refractivity (Wildman–Crippen MR) is 95.1 cm³/mol. The Morgan fingerprint density at radius 3 is 2.50 bits per heavy atom. The smallest absolute Gasteiger partial charge is 0.275 e. The second-order valence-corrected chi connectivity index (χ2v) is 6.17. The summed E-state index contributed by atoms with van der Waals surface area (Å²) in [5, 5.41) is 21.2. The van der Waals surface area contributed by atoms with Crippen molar-refractivity contribution in [2.24, 2.45) is 5.73 Å². The Morgan fingerprint density at radius 2 is 1.96 bits per heavy atom. The Balaban J connectivity index is 3.06. The van der Waals surface area contributed by atoms with Crippen LogP contribution in [0.1, 0.15) is 39.7 Å². The number of carbonyl (C=O) groups excluding carboxylic acids is 1. The third kappa shape index (κ3) is 5.34. The van der Waals surface area contributed by atoms with Crippen LogP contribution in [-0.2, 0) is 4.79 Å². The SMILES string of the molecule is CCC(N)=CC(=N)NC(=O)C(=N)c1c(N)ncnc1NC(C)(C)C. The number of carbonyl (C=O) groups is 1. The molecule has 0 aliphatic heterocycles. The van der Waals surface area contributed by atoms with E-state index in [1.165, 1.54) is 12.4 Å². The maximum absolute atomic E-state index is 12.2. The van der Waals surface area contributed by atoms with Crippen molar-refractivity contribution in [2.45, 2.75) is 39.7 Å². The monoisotopic (exact) mass is 332 g/mol. The van der Waals surface area contributed by atoms with Crippen LogP contribution in [-0.4, -0.2) is 33.0 Å². The summed E-state index contributed by atoms with van der Waals surface area (Å²) in [7, 11) is 0. The number of hydrogen-bond acceptors (Lipinski definition) is 8. The quantitative estimate of drug-likeness (QED) is 0.347. The molecule has 9 nitrogen and oxygen atoms in total. The number of hydrogen-bond donors (Lipinski definition) is 6. The third-order valence-corrected chi connectivity index (χ3v) is 2.83. The molecule has 8 N–H and O–H groups in total. The molecule has 0 aliphatic carbocycles. The molecule has 0 radical (unpaired) electrons. The first-order valence-electron chi connectivity index (χ1n) is 7.38. The van der Waals surface area contributed by atoms with E-state index in [2.05, 4.69) is 20.6 Å². The molecule has 0 aliphatic rings. The van der Waals surface area contributed by atoms with Gasteiger partial charge in [-0.05, 0) is 33.3 Å². The number of amidine groups is 1. The summed E-state index contributed by atoms with van der Waals surface area (Å²) < 4.78 is 0. The van der Waals surface area contributed by atoms with E-state index in [4.69, 9.17) is 22.3 Å². The molecule has 130 valence electrons. The van der Waals surface area contributed by atoms with Crippen molar-refractivity contribution in [1.82, 2.24) is 15.3 Å². The van der Waals surface area contributed by atoms with Crippen LogP contribution in [0.3, 0.4) is 0 Å². The number of allylic oxidation sites excluding steroid dienone is 1. The van der Waals surface area contributed by atoms with Gasteiger partial charge >= 0.3 is 0 Å². The molecule has 0 fully saturated rings. The Kier molecular flexibility index (Phi) is 5.99. The van der Waals surface area contributed by atoms with E-state index < -0.39 is 11.6 Å². The van der Waals surface area contributed by atoms with E-state index in [0.717, 1.165) is 0 Å². The van der Waals surface area contributed by atoms with Gasteiger partial charge in [0.1, 0.15) is 29.5 Å². The average Bonchev–Trinajstić information content (AvgIpc) is 2.44. The van der Waals surface area contributed by atoms with Crippen molar-refractivity contribution in [3.8, 4) is 0 Å². The third-order valence-electron chi connectivity index (χ3n) is 2.83. The van der Waals surface area contributed by atoms with Crippen LogP contribution in [0.25, 0.3) is 0 Å². The summed E-state index contributed by atoms with van der Waals surface area (Å²) in [6.45, 7) is 7.56. The van der Waals surface area contributed by atoms with E-state index in [0.29, 0.717) is 12.1 Å². The van der Waals surface area contributed by atoms with Crippen LogP contribution in [0.2, 0.25) is 0 Å². The zero-order valence-electron chi connectivity index (χ0n) is 14.3. The van der Waals surface area contributed by atoms with Gasteiger partial charge in [-0.25, -0.2) is 9.97 Å². The first-order chi connectivity index (χ1) is 11.0. The molecule has 24 heavy (non-hydrogen) atoms. The number of aromatic nitrogens is 2. The fourth-order valence-corrected chi connectivity index (χ4v) is 1.72. The first kappa shape index (κ1) is 19.1. The molecule has 1 aromatic heterocycles. The van der Waals surface area contributed by atoms with Gasteiger partial charge in [0.05, 0.1) is 5.56 Å². The Hall–Kier alpha value is -2.97. The van der Waals surface area contributed by atoms with Crippen molar-refractivity contribution in [2.75, 3.05) is 11.1 Å². The average molecular weight is 332 g/mol. The molecule has 0 bridgehead atoms. The zero-order valence-corrected chi connectivity index (χ0v) is 14.3. The fourth-order valence-electron chi connectivity index (χ4n) is 1.72. The van der Waals surface area contributed by atoms with Gasteiger partial charge in [0.15, 0.2) is 0 Å². The minimum Gasteiger partial charge on any atom is -0.402 e. The van der Waals surface area contributed by atoms with Crippen LogP contribution >= 0.6 is 0 Å². The molecule has 1 heterocycles. The van der Waals surface area contributed by atoms with Gasteiger partial charge < -0.3 is 22.1 Å². The van der Waals surface area contributed by atoms with E-state index in [1.54, 1.807) is 0 Å². The number of nitrogens with zero attached hydrogens (tertiary/aromatic N) is 2. The highest BCUT2D eigenvalue weighted by Crippen LogP contribution is 2.21. The molecule has 0 unspecified atom stereocenters. The Morgan fingerprint density at radius 1 is 1.33 bits per heavy atom. The molecule has 0 aromatic carbocycles. The second-order valence-electron chi connectivity index (χ2n) is 6.17. The number of nitrogens with one attached hydrogen (secondary N) is 4. The Labute approximate surface area is 141 Å². The van der Waals surface area contributed by atoms with Gasteiger partial charge in [-0.3, -0.25) is 15.6 Å². The Bertz CT molecular complexity index is 687. The van der Waals surface area contributed by atoms with Crippen LogP contribution < -0.4 is 22.1 Å². The highest BCUT2D eigenvalue weighted by Gasteiger charge is 2.23. The number of nitrogens with two attached hydrogens (primary N) is 2. The van der Waals surface area contributed by atoms with Crippen molar-refractivity contribution in [3.63, 3.8) is 0 Å². The molecule has 9 heteroatoms. The fraction of sp³-hybridized carbons (Fsp3) is 0.400. The number of anilines is 2. The van der Waals surface area contributed by atoms with E-state index in [9.17, 15) is 4.79 Å². The van der Waals surface area contributed by atoms with Gasteiger partial charge in [-0.1, -0.05) is 6.92 Å². The van der Waals surface area contributed by atoms with E-state index in [-0.39, 0.29) is 28.6 Å². The van der Waals surface area contributed by atoms with Crippen LogP contribution in [0, 0.1) is 10.8 Å². The summed E-state index contributed by atoms with van der Waals surface area (Å²) >= 11 is 0. The minimum absolute atomic E-state index is 0.00652. The maximum atomic E-state index is 12.2. The second kappa shape index (κ2) is 7.53. The topological polar surface area (TPSA) is 167 Å². The van der Waals surface area contributed by atoms with Crippen molar-refractivity contribution < 1.29 is 4.79 Å². The number of amides is 1. The van der Waals surface area contributed by atoms with Crippen molar-refractivity contribution in [1.29, 1.82) is 10.8 Å². The maximum Gasteiger partial charge on any atom is 0.275 e. The summed E-state index contributed by atoms with van der Waals surface area (Å²) in [6, 6.07) is 0. The van der Waals surface area contributed by atoms with E-state index >= 15 is 0 Å². The highest BCUT2D eigenvalue weighted by molar-refractivity contribution is 6.48. The van der Waals surface area contributed by atoms with Crippen LogP contribution in [0.4, 0.5) is 11.6 Å².